The number of methoxy groups -OCH3 is 1. The molecule has 1 aromatic rings. The number of hydrogen-bond acceptors (Lipinski definition) is 5. The summed E-state index contributed by atoms with van der Waals surface area (Å²) in [6, 6.07) is 6.54. The maximum Gasteiger partial charge on any atom is 0.161 e. The summed E-state index contributed by atoms with van der Waals surface area (Å²) in [6.07, 6.45) is 1.10. The Morgan fingerprint density at radius 1 is 1.30 bits per heavy atom. The van der Waals surface area contributed by atoms with Crippen LogP contribution >= 0.6 is 11.8 Å². The normalized spacial score (nSPS) is 15.1. The van der Waals surface area contributed by atoms with Crippen molar-refractivity contribution in [2.75, 3.05) is 45.5 Å². The highest BCUT2D eigenvalue weighted by Gasteiger charge is 2.15. The number of hydrogen-bond donors (Lipinski definition) is 1. The molecule has 0 radical (unpaired) electrons. The fraction of sp³-hybridized carbons (Fsp3) is 0.600. The van der Waals surface area contributed by atoms with E-state index in [9.17, 15) is 0 Å². The van der Waals surface area contributed by atoms with Crippen molar-refractivity contribution in [3.63, 3.8) is 0 Å². The maximum absolute atomic E-state index is 5.64. The van der Waals surface area contributed by atoms with Crippen molar-refractivity contribution in [2.45, 2.75) is 12.5 Å². The molecule has 2 rings (SSSR count). The molecule has 0 spiro atoms. The van der Waals surface area contributed by atoms with Crippen LogP contribution in [-0.2, 0) is 4.74 Å². The number of fused-ring (bicyclic) bond motifs is 1. The summed E-state index contributed by atoms with van der Waals surface area (Å²) in [7, 11) is 3.74. The van der Waals surface area contributed by atoms with Crippen LogP contribution in [0.5, 0.6) is 11.5 Å². The fourth-order valence-corrected chi connectivity index (χ4v) is 3.21. The van der Waals surface area contributed by atoms with E-state index in [1.807, 2.05) is 24.9 Å². The number of thioether (sulfide) groups is 1. The number of ether oxygens (including phenoxy) is 3. The van der Waals surface area contributed by atoms with Crippen molar-refractivity contribution in [1.29, 1.82) is 0 Å². The summed E-state index contributed by atoms with van der Waals surface area (Å²) in [5, 5.41) is 3.37. The van der Waals surface area contributed by atoms with Gasteiger partial charge in [0.1, 0.15) is 13.2 Å². The first kappa shape index (κ1) is 15.5. The van der Waals surface area contributed by atoms with Crippen LogP contribution in [0.3, 0.4) is 0 Å². The molecule has 0 saturated heterocycles. The lowest BCUT2D eigenvalue weighted by Crippen LogP contribution is -2.20. The summed E-state index contributed by atoms with van der Waals surface area (Å²) >= 11 is 1.94. The first-order chi connectivity index (χ1) is 9.85. The van der Waals surface area contributed by atoms with E-state index in [4.69, 9.17) is 14.2 Å². The zero-order valence-electron chi connectivity index (χ0n) is 12.2. The second kappa shape index (κ2) is 8.39. The molecule has 0 saturated carbocycles. The molecule has 0 amide bonds. The minimum absolute atomic E-state index is 0.332. The molecule has 4 nitrogen and oxygen atoms in total. The summed E-state index contributed by atoms with van der Waals surface area (Å²) in [5.74, 6) is 3.87. The van der Waals surface area contributed by atoms with Crippen molar-refractivity contribution in [3.8, 4) is 11.5 Å². The fourth-order valence-electron chi connectivity index (χ4n) is 2.13. The van der Waals surface area contributed by atoms with Gasteiger partial charge >= 0.3 is 0 Å². The Balaban J connectivity index is 1.90. The van der Waals surface area contributed by atoms with E-state index in [0.29, 0.717) is 19.3 Å². The van der Waals surface area contributed by atoms with Gasteiger partial charge < -0.3 is 19.5 Å². The molecule has 1 atom stereocenters. The molecule has 1 aliphatic rings. The Morgan fingerprint density at radius 2 is 2.10 bits per heavy atom. The second-order valence-corrected chi connectivity index (χ2v) is 5.82. The molecule has 5 heteroatoms. The van der Waals surface area contributed by atoms with E-state index in [1.54, 1.807) is 7.11 Å². The van der Waals surface area contributed by atoms with Crippen LogP contribution in [0.2, 0.25) is 0 Å². The van der Waals surface area contributed by atoms with Crippen LogP contribution in [0.4, 0.5) is 0 Å². The predicted octanol–water partition coefficient (Wildman–Crippen LogP) is 2.49. The molecule has 1 aliphatic heterocycles. The monoisotopic (exact) mass is 297 g/mol. The number of rotatable bonds is 8. The molecule has 20 heavy (non-hydrogen) atoms. The Hall–Kier alpha value is -0.910. The van der Waals surface area contributed by atoms with Gasteiger partial charge in [-0.3, -0.25) is 0 Å². The lowest BCUT2D eigenvalue weighted by molar-refractivity contribution is 0.171. The van der Waals surface area contributed by atoms with Crippen molar-refractivity contribution in [1.82, 2.24) is 5.32 Å². The summed E-state index contributed by atoms with van der Waals surface area (Å²) < 4.78 is 16.3. The highest BCUT2D eigenvalue weighted by atomic mass is 32.2. The smallest absolute Gasteiger partial charge is 0.161 e. The van der Waals surface area contributed by atoms with E-state index in [1.165, 1.54) is 5.56 Å². The summed E-state index contributed by atoms with van der Waals surface area (Å²) in [5.41, 5.74) is 1.25. The maximum atomic E-state index is 5.64. The van der Waals surface area contributed by atoms with Gasteiger partial charge in [0.15, 0.2) is 11.5 Å². The Labute approximate surface area is 125 Å². The molecule has 1 unspecified atom stereocenters. The number of benzene rings is 1. The van der Waals surface area contributed by atoms with Gasteiger partial charge in [0.25, 0.3) is 0 Å². The van der Waals surface area contributed by atoms with Gasteiger partial charge in [-0.2, -0.15) is 11.8 Å². The van der Waals surface area contributed by atoms with E-state index < -0.39 is 0 Å². The highest BCUT2D eigenvalue weighted by Crippen LogP contribution is 2.33. The van der Waals surface area contributed by atoms with Crippen LogP contribution in [0.15, 0.2) is 18.2 Å². The third kappa shape index (κ3) is 4.30. The molecule has 0 bridgehead atoms. The molecule has 0 aromatic heterocycles. The van der Waals surface area contributed by atoms with Crippen LogP contribution in [-0.4, -0.2) is 45.5 Å². The molecule has 1 N–H and O–H groups in total. The SMILES string of the molecule is CNC(CSCCCOC)c1ccc2c(c1)OCCO2. The van der Waals surface area contributed by atoms with Crippen molar-refractivity contribution in [3.05, 3.63) is 23.8 Å². The van der Waals surface area contributed by atoms with Crippen molar-refractivity contribution in [2.24, 2.45) is 0 Å². The highest BCUT2D eigenvalue weighted by molar-refractivity contribution is 7.99. The van der Waals surface area contributed by atoms with Crippen molar-refractivity contribution < 1.29 is 14.2 Å². The van der Waals surface area contributed by atoms with Gasteiger partial charge in [-0.25, -0.2) is 0 Å². The molecule has 0 fully saturated rings. The van der Waals surface area contributed by atoms with Crippen LogP contribution < -0.4 is 14.8 Å². The Kier molecular flexibility index (Phi) is 6.50. The van der Waals surface area contributed by atoms with E-state index >= 15 is 0 Å². The van der Waals surface area contributed by atoms with Crippen LogP contribution in [0, 0.1) is 0 Å². The first-order valence-electron chi connectivity index (χ1n) is 6.98. The largest absolute Gasteiger partial charge is 0.486 e. The van der Waals surface area contributed by atoms with Gasteiger partial charge in [-0.15, -0.1) is 0 Å². The lowest BCUT2D eigenvalue weighted by atomic mass is 10.1. The minimum Gasteiger partial charge on any atom is -0.486 e. The van der Waals surface area contributed by atoms with Gasteiger partial charge in [-0.05, 0) is 36.9 Å². The number of nitrogens with one attached hydrogen (secondary N) is 1. The minimum atomic E-state index is 0.332. The van der Waals surface area contributed by atoms with E-state index in [0.717, 1.165) is 36.0 Å². The van der Waals surface area contributed by atoms with Crippen LogP contribution in [0.25, 0.3) is 0 Å². The Morgan fingerprint density at radius 3 is 2.85 bits per heavy atom. The van der Waals surface area contributed by atoms with Gasteiger partial charge in [0, 0.05) is 25.5 Å². The third-order valence-electron chi connectivity index (χ3n) is 3.24. The topological polar surface area (TPSA) is 39.7 Å². The average molecular weight is 297 g/mol. The molecule has 112 valence electrons. The predicted molar refractivity (Wildman–Crippen MR) is 83.1 cm³/mol. The Bertz CT molecular complexity index is 414. The van der Waals surface area contributed by atoms with Gasteiger partial charge in [-0.1, -0.05) is 6.07 Å². The zero-order chi connectivity index (χ0) is 14.2. The standard InChI is InChI=1S/C15H23NO3S/c1-16-13(11-20-9-3-6-17-2)12-4-5-14-15(10-12)19-8-7-18-14/h4-5,10,13,16H,3,6-9,11H2,1-2H3. The first-order valence-corrected chi connectivity index (χ1v) is 8.14. The summed E-state index contributed by atoms with van der Waals surface area (Å²) in [4.78, 5) is 0. The van der Waals surface area contributed by atoms with Crippen molar-refractivity contribution >= 4 is 11.8 Å². The average Bonchev–Trinajstić information content (AvgIpc) is 2.50. The lowest BCUT2D eigenvalue weighted by Gasteiger charge is -2.22. The van der Waals surface area contributed by atoms with E-state index in [2.05, 4.69) is 17.4 Å². The van der Waals surface area contributed by atoms with E-state index in [-0.39, 0.29) is 0 Å². The van der Waals surface area contributed by atoms with Crippen LogP contribution in [0.1, 0.15) is 18.0 Å². The molecular weight excluding hydrogens is 274 g/mol. The summed E-state index contributed by atoms with van der Waals surface area (Å²) in [6.45, 7) is 2.10. The molecular formula is C15H23NO3S. The molecule has 1 heterocycles. The third-order valence-corrected chi connectivity index (χ3v) is 4.39. The van der Waals surface area contributed by atoms with Gasteiger partial charge in [0.05, 0.1) is 0 Å². The zero-order valence-corrected chi connectivity index (χ0v) is 13.0. The molecule has 0 aliphatic carbocycles. The second-order valence-electron chi connectivity index (χ2n) is 4.67. The van der Waals surface area contributed by atoms with Gasteiger partial charge in [0.2, 0.25) is 0 Å². The molecule has 1 aromatic carbocycles. The quantitative estimate of drug-likeness (QED) is 0.747.